The fourth-order valence-electron chi connectivity index (χ4n) is 4.90. The summed E-state index contributed by atoms with van der Waals surface area (Å²) in [6.45, 7) is 4.64. The molecule has 0 spiro atoms. The monoisotopic (exact) mass is 849 g/mol. The Morgan fingerprint density at radius 1 is 0.865 bits per heavy atom. The van der Waals surface area contributed by atoms with Crippen LogP contribution in [0, 0.1) is 20.2 Å². The molecule has 4 rings (SSSR count). The van der Waals surface area contributed by atoms with Gasteiger partial charge in [0, 0.05) is 69.5 Å². The van der Waals surface area contributed by atoms with Crippen LogP contribution in [-0.2, 0) is 52.1 Å². The number of aromatic nitrogens is 4. The van der Waals surface area contributed by atoms with Crippen molar-refractivity contribution in [1.82, 2.24) is 33.1 Å². The Bertz CT molecular complexity index is 1690. The lowest BCUT2D eigenvalue weighted by Crippen LogP contribution is -2.25. The highest BCUT2D eigenvalue weighted by Gasteiger charge is 2.44. The largest absolute Gasteiger partial charge is 0.483 e. The highest BCUT2D eigenvalue weighted by Crippen LogP contribution is 2.58. The topological polar surface area (TPSA) is 193 Å². The molecule has 0 saturated carbocycles. The number of halogens is 4. The summed E-state index contributed by atoms with van der Waals surface area (Å²) in [6, 6.07) is 7.07. The molecule has 0 bridgehead atoms. The Balaban J connectivity index is 0.000000288. The molecule has 24 heteroatoms. The molecule has 0 aliphatic carbocycles. The summed E-state index contributed by atoms with van der Waals surface area (Å²) in [7, 11) is -3.17. The third-order valence-corrected chi connectivity index (χ3v) is 13.2. The molecule has 290 valence electrons. The van der Waals surface area contributed by atoms with E-state index in [0.717, 1.165) is 5.56 Å². The van der Waals surface area contributed by atoms with Crippen LogP contribution in [-0.4, -0.2) is 112 Å². The molecule has 0 N–H and O–H groups in total. The van der Waals surface area contributed by atoms with Crippen LogP contribution in [0.25, 0.3) is 0 Å². The van der Waals surface area contributed by atoms with Crippen LogP contribution in [0.15, 0.2) is 36.7 Å². The van der Waals surface area contributed by atoms with E-state index in [1.807, 2.05) is 0 Å². The molecule has 1 atom stereocenters. The van der Waals surface area contributed by atoms with Crippen molar-refractivity contribution in [3.63, 3.8) is 0 Å². The molecule has 1 aliphatic rings. The molecule has 1 aliphatic heterocycles. The summed E-state index contributed by atoms with van der Waals surface area (Å²) in [5.74, 6) is 1.96. The summed E-state index contributed by atoms with van der Waals surface area (Å²) in [5, 5.41) is 21.7. The zero-order valence-corrected chi connectivity index (χ0v) is 33.6. The minimum absolute atomic E-state index is 0.0494. The van der Waals surface area contributed by atoms with Gasteiger partial charge in [0.05, 0.1) is 20.7 Å². The van der Waals surface area contributed by atoms with Crippen molar-refractivity contribution in [3.05, 3.63) is 74.0 Å². The number of hydrogen-bond donors (Lipinski definition) is 0. The zero-order valence-electron chi connectivity index (χ0n) is 28.8. The van der Waals surface area contributed by atoms with Crippen molar-refractivity contribution in [1.29, 1.82) is 0 Å². The standard InChI is InChI=1S/C17H23Cl2N4O5P.C11H18Cl2N5O4P/c1-21-16(20-11-17(21)23(24)25)13-27-15-5-3-14(4-6-15)12-28-29(2,26)22(9-7-18)10-8-19;1-15-10(8-14-11(15)18(19)20)9-22-23(21)16(4-2-12)6-7-17(23)5-3-13/h3-6,11H,7-10,12-13H2,1-2H3;8H,2-7,9H2,1H3. The smallest absolute Gasteiger partial charge is 0.434 e. The number of alkyl halides is 4. The predicted molar refractivity (Wildman–Crippen MR) is 199 cm³/mol. The number of nitrogens with zero attached hydrogens (tertiary/aromatic N) is 9. The van der Waals surface area contributed by atoms with E-state index >= 15 is 0 Å². The molecule has 1 fully saturated rings. The number of benzene rings is 1. The Morgan fingerprint density at radius 3 is 1.94 bits per heavy atom. The molecule has 3 heterocycles. The molecule has 18 nitrogen and oxygen atoms in total. The first-order valence-electron chi connectivity index (χ1n) is 15.7. The minimum Gasteiger partial charge on any atom is -0.483 e. The van der Waals surface area contributed by atoms with Gasteiger partial charge in [-0.25, -0.2) is 28.1 Å². The lowest BCUT2D eigenvalue weighted by atomic mass is 10.2. The zero-order chi connectivity index (χ0) is 38.5. The molecule has 0 amide bonds. The van der Waals surface area contributed by atoms with E-state index in [-0.39, 0.29) is 31.6 Å². The van der Waals surface area contributed by atoms with Gasteiger partial charge in [-0.3, -0.25) is 13.7 Å². The van der Waals surface area contributed by atoms with Crippen molar-refractivity contribution in [2.24, 2.45) is 14.1 Å². The number of rotatable bonds is 20. The lowest BCUT2D eigenvalue weighted by molar-refractivity contribution is -0.396. The Morgan fingerprint density at radius 2 is 1.46 bits per heavy atom. The predicted octanol–water partition coefficient (Wildman–Crippen LogP) is 6.07. The first-order chi connectivity index (χ1) is 24.7. The molecule has 1 aromatic carbocycles. The number of hydrogen-bond acceptors (Lipinski definition) is 11. The van der Waals surface area contributed by atoms with E-state index in [1.54, 1.807) is 52.0 Å². The second kappa shape index (κ2) is 20.9. The van der Waals surface area contributed by atoms with E-state index in [0.29, 0.717) is 80.1 Å². The van der Waals surface area contributed by atoms with Crippen LogP contribution in [0.1, 0.15) is 17.1 Å². The van der Waals surface area contributed by atoms with E-state index in [2.05, 4.69) is 9.97 Å². The quantitative estimate of drug-likeness (QED) is 0.0550. The maximum Gasteiger partial charge on any atom is 0.434 e. The summed E-state index contributed by atoms with van der Waals surface area (Å²) in [6.07, 6.45) is 2.54. The average Bonchev–Trinajstić information content (AvgIpc) is 3.77. The van der Waals surface area contributed by atoms with Crippen molar-refractivity contribution < 1.29 is 32.8 Å². The summed E-state index contributed by atoms with van der Waals surface area (Å²) in [5.41, 5.74) is 1.29. The second-order valence-corrected chi connectivity index (χ2v) is 17.4. The van der Waals surface area contributed by atoms with E-state index < -0.39 is 25.0 Å². The molecular formula is C28H41Cl4N9O9P2. The fourth-order valence-corrected chi connectivity index (χ4v) is 10.0. The summed E-state index contributed by atoms with van der Waals surface area (Å²) in [4.78, 5) is 28.3. The molecule has 1 unspecified atom stereocenters. The van der Waals surface area contributed by atoms with Crippen LogP contribution >= 0.6 is 61.6 Å². The van der Waals surface area contributed by atoms with Gasteiger partial charge in [0.1, 0.15) is 30.4 Å². The highest BCUT2D eigenvalue weighted by atomic mass is 35.5. The lowest BCUT2D eigenvalue weighted by Gasteiger charge is -2.28. The van der Waals surface area contributed by atoms with Gasteiger partial charge in [-0.1, -0.05) is 17.1 Å². The van der Waals surface area contributed by atoms with Gasteiger partial charge in [0.25, 0.3) is 7.52 Å². The van der Waals surface area contributed by atoms with Crippen LogP contribution in [0.3, 0.4) is 0 Å². The first-order valence-corrected chi connectivity index (χ1v) is 21.4. The second-order valence-electron chi connectivity index (χ2n) is 11.1. The van der Waals surface area contributed by atoms with Gasteiger partial charge in [-0.05, 0) is 27.5 Å². The van der Waals surface area contributed by atoms with Gasteiger partial charge in [0.2, 0.25) is 5.82 Å². The summed E-state index contributed by atoms with van der Waals surface area (Å²) >= 11 is 23.0. The Labute approximate surface area is 321 Å². The van der Waals surface area contributed by atoms with Crippen molar-refractivity contribution in [2.75, 3.05) is 69.5 Å². The van der Waals surface area contributed by atoms with Crippen LogP contribution in [0.5, 0.6) is 5.75 Å². The normalized spacial score (nSPS) is 15.7. The fraction of sp³-hybridized carbons (Fsp3) is 0.571. The molecule has 2 aromatic heterocycles. The van der Waals surface area contributed by atoms with Crippen molar-refractivity contribution in [2.45, 2.75) is 19.8 Å². The number of imidazole rings is 2. The molecular weight excluding hydrogens is 810 g/mol. The Hall–Kier alpha value is -2.34. The van der Waals surface area contributed by atoms with Crippen molar-refractivity contribution >= 4 is 73.4 Å². The molecule has 3 aromatic rings. The maximum absolute atomic E-state index is 13.2. The minimum atomic E-state index is -3.24. The number of ether oxygens (including phenoxy) is 1. The van der Waals surface area contributed by atoms with E-state index in [9.17, 15) is 29.4 Å². The molecule has 52 heavy (non-hydrogen) atoms. The van der Waals surface area contributed by atoms with Gasteiger partial charge in [-0.15, -0.1) is 46.4 Å². The van der Waals surface area contributed by atoms with E-state index in [4.69, 9.17) is 60.2 Å². The SMILES string of the molecule is Cn1c(COP2(=O)N(CCCl)CCN2CCCl)cnc1[N+](=O)[O-].Cn1c([N+](=O)[O-])cnc1COc1ccc(COP(C)(=O)N(CCCl)CCCl)cc1. The third kappa shape index (κ3) is 11.8. The Kier molecular flexibility index (Phi) is 17.7. The van der Waals surface area contributed by atoms with Crippen LogP contribution in [0.2, 0.25) is 0 Å². The van der Waals surface area contributed by atoms with Crippen molar-refractivity contribution in [3.8, 4) is 5.75 Å². The van der Waals surface area contributed by atoms with Gasteiger partial charge < -0.3 is 29.5 Å². The molecule has 1 saturated heterocycles. The molecule has 0 radical (unpaired) electrons. The van der Waals surface area contributed by atoms with Gasteiger partial charge >= 0.3 is 19.4 Å². The van der Waals surface area contributed by atoms with Gasteiger partial charge in [-0.2, -0.15) is 0 Å². The highest BCUT2D eigenvalue weighted by molar-refractivity contribution is 7.55. The van der Waals surface area contributed by atoms with E-state index in [1.165, 1.54) is 28.6 Å². The van der Waals surface area contributed by atoms with Gasteiger partial charge in [0.15, 0.2) is 6.61 Å². The number of nitro groups is 2. The van der Waals surface area contributed by atoms with Crippen LogP contribution in [0.4, 0.5) is 11.8 Å². The average molecular weight is 851 g/mol. The third-order valence-electron chi connectivity index (χ3n) is 7.83. The maximum atomic E-state index is 13.2. The first kappa shape index (κ1) is 44.1. The summed E-state index contributed by atoms with van der Waals surface area (Å²) < 4.78 is 50.7. The van der Waals surface area contributed by atoms with Crippen LogP contribution < -0.4 is 4.74 Å².